The van der Waals surface area contributed by atoms with Crippen LogP contribution in [-0.2, 0) is 6.54 Å². The maximum atomic E-state index is 12.7. The lowest BCUT2D eigenvalue weighted by molar-refractivity contribution is 0.0940. The number of pyridine rings is 1. The normalized spacial score (nSPS) is 10.7. The maximum absolute atomic E-state index is 12.7. The van der Waals surface area contributed by atoms with Crippen molar-refractivity contribution < 1.29 is 4.79 Å². The number of rotatable bonds is 6. The third kappa shape index (κ3) is 4.17. The van der Waals surface area contributed by atoms with Crippen LogP contribution in [0.4, 0.5) is 5.82 Å². The summed E-state index contributed by atoms with van der Waals surface area (Å²) >= 11 is 1.56. The molecule has 0 aliphatic rings. The fourth-order valence-electron chi connectivity index (χ4n) is 2.80. The zero-order valence-electron chi connectivity index (χ0n) is 16.1. The summed E-state index contributed by atoms with van der Waals surface area (Å²) in [6.45, 7) is 0.371. The molecule has 3 aromatic heterocycles. The Morgan fingerprint density at radius 2 is 1.97 bits per heavy atom. The lowest BCUT2D eigenvalue weighted by atomic mass is 10.2. The fraction of sp³-hybridized carbons (Fsp3) is 0.143. The molecule has 0 aliphatic heterocycles. The minimum atomic E-state index is -0.319. The molecule has 146 valence electrons. The van der Waals surface area contributed by atoms with Crippen molar-refractivity contribution in [3.05, 3.63) is 77.6 Å². The quantitative estimate of drug-likeness (QED) is 0.533. The van der Waals surface area contributed by atoms with Gasteiger partial charge in [0, 0.05) is 26.8 Å². The number of nitrogens with one attached hydrogen (secondary N) is 1. The number of amides is 1. The monoisotopic (exact) mass is 404 g/mol. The van der Waals surface area contributed by atoms with E-state index in [1.54, 1.807) is 22.2 Å². The molecule has 29 heavy (non-hydrogen) atoms. The number of aromatic nitrogens is 4. The van der Waals surface area contributed by atoms with Gasteiger partial charge in [-0.2, -0.15) is 0 Å². The molecule has 0 unspecified atom stereocenters. The number of nitrogens with zero attached hydrogens (tertiary/aromatic N) is 5. The van der Waals surface area contributed by atoms with Gasteiger partial charge in [0.1, 0.15) is 5.82 Å². The zero-order chi connectivity index (χ0) is 20.2. The van der Waals surface area contributed by atoms with E-state index in [9.17, 15) is 4.79 Å². The lowest BCUT2D eigenvalue weighted by Crippen LogP contribution is -2.24. The molecule has 7 nitrogen and oxygen atoms in total. The van der Waals surface area contributed by atoms with Crippen LogP contribution in [0, 0.1) is 0 Å². The SMILES string of the molecule is CN(C)c1cc(CNC(=O)c2nc(-c3cccs3)n(-c3ccccc3)n2)ccn1. The second kappa shape index (κ2) is 8.24. The van der Waals surface area contributed by atoms with Crippen molar-refractivity contribution in [3.8, 4) is 16.4 Å². The Kier molecular flexibility index (Phi) is 5.35. The van der Waals surface area contributed by atoms with Crippen molar-refractivity contribution in [1.82, 2.24) is 25.1 Å². The Morgan fingerprint density at radius 3 is 2.69 bits per heavy atom. The number of carbonyl (C=O) groups is 1. The average molecular weight is 404 g/mol. The van der Waals surface area contributed by atoms with E-state index in [0.29, 0.717) is 12.4 Å². The van der Waals surface area contributed by atoms with Gasteiger partial charge >= 0.3 is 0 Å². The van der Waals surface area contributed by atoms with E-state index in [1.807, 2.05) is 79.0 Å². The summed E-state index contributed by atoms with van der Waals surface area (Å²) in [7, 11) is 3.86. The molecule has 0 fully saturated rings. The summed E-state index contributed by atoms with van der Waals surface area (Å²) in [4.78, 5) is 24.4. The number of thiophene rings is 1. The Balaban J connectivity index is 1.58. The van der Waals surface area contributed by atoms with Gasteiger partial charge < -0.3 is 10.2 Å². The van der Waals surface area contributed by atoms with Crippen molar-refractivity contribution in [2.24, 2.45) is 0 Å². The average Bonchev–Trinajstić information content (AvgIpc) is 3.42. The van der Waals surface area contributed by atoms with E-state index in [-0.39, 0.29) is 11.7 Å². The Bertz CT molecular complexity index is 1110. The first-order valence-electron chi connectivity index (χ1n) is 9.08. The summed E-state index contributed by atoms with van der Waals surface area (Å²) < 4.78 is 1.71. The van der Waals surface area contributed by atoms with Crippen molar-refractivity contribution in [2.75, 3.05) is 19.0 Å². The van der Waals surface area contributed by atoms with E-state index < -0.39 is 0 Å². The van der Waals surface area contributed by atoms with E-state index >= 15 is 0 Å². The van der Waals surface area contributed by atoms with Gasteiger partial charge in [-0.05, 0) is 41.3 Å². The molecule has 4 aromatic rings. The van der Waals surface area contributed by atoms with E-state index in [1.165, 1.54) is 0 Å². The molecule has 1 N–H and O–H groups in total. The molecule has 8 heteroatoms. The minimum absolute atomic E-state index is 0.138. The number of para-hydroxylation sites is 1. The number of anilines is 1. The standard InChI is InChI=1S/C21H20N6OS/c1-26(2)18-13-15(10-11-22-18)14-23-21(28)19-24-20(17-9-6-12-29-17)27(25-19)16-7-4-3-5-8-16/h3-13H,14H2,1-2H3,(H,23,28). The highest BCUT2D eigenvalue weighted by Gasteiger charge is 2.19. The molecule has 0 radical (unpaired) electrons. The van der Waals surface area contributed by atoms with Gasteiger partial charge in [0.05, 0.1) is 10.6 Å². The van der Waals surface area contributed by atoms with Gasteiger partial charge in [0.2, 0.25) is 5.82 Å². The summed E-state index contributed by atoms with van der Waals surface area (Å²) in [6, 6.07) is 17.4. The highest BCUT2D eigenvalue weighted by molar-refractivity contribution is 7.13. The molecule has 1 amide bonds. The fourth-order valence-corrected chi connectivity index (χ4v) is 3.50. The smallest absolute Gasteiger partial charge is 0.291 e. The second-order valence-corrected chi connectivity index (χ2v) is 7.53. The van der Waals surface area contributed by atoms with Gasteiger partial charge in [-0.25, -0.2) is 14.6 Å². The van der Waals surface area contributed by atoms with Crippen LogP contribution in [0.15, 0.2) is 66.2 Å². The number of benzene rings is 1. The van der Waals surface area contributed by atoms with E-state index in [2.05, 4.69) is 20.4 Å². The first-order valence-corrected chi connectivity index (χ1v) is 9.96. The molecule has 1 aromatic carbocycles. The summed E-state index contributed by atoms with van der Waals surface area (Å²) in [5.41, 5.74) is 1.81. The van der Waals surface area contributed by atoms with Crippen LogP contribution in [0.5, 0.6) is 0 Å². The van der Waals surface area contributed by atoms with Crippen LogP contribution < -0.4 is 10.2 Å². The van der Waals surface area contributed by atoms with Gasteiger partial charge in [0.15, 0.2) is 5.82 Å². The predicted octanol–water partition coefficient (Wildman–Crippen LogP) is 3.39. The highest BCUT2D eigenvalue weighted by Crippen LogP contribution is 2.25. The number of hydrogen-bond donors (Lipinski definition) is 1. The molecule has 0 saturated carbocycles. The van der Waals surface area contributed by atoms with E-state index in [0.717, 1.165) is 21.9 Å². The van der Waals surface area contributed by atoms with Crippen molar-refractivity contribution in [2.45, 2.75) is 6.54 Å². The molecule has 0 aliphatic carbocycles. The number of hydrogen-bond acceptors (Lipinski definition) is 6. The minimum Gasteiger partial charge on any atom is -0.363 e. The number of carbonyl (C=O) groups excluding carboxylic acids is 1. The predicted molar refractivity (Wildman–Crippen MR) is 114 cm³/mol. The third-order valence-electron chi connectivity index (χ3n) is 4.27. The molecule has 4 rings (SSSR count). The highest BCUT2D eigenvalue weighted by atomic mass is 32.1. The van der Waals surface area contributed by atoms with E-state index in [4.69, 9.17) is 0 Å². The molecule has 0 saturated heterocycles. The van der Waals surface area contributed by atoms with Crippen LogP contribution in [0.2, 0.25) is 0 Å². The van der Waals surface area contributed by atoms with Crippen LogP contribution in [0.25, 0.3) is 16.4 Å². The topological polar surface area (TPSA) is 75.9 Å². The van der Waals surface area contributed by atoms with Gasteiger partial charge in [-0.1, -0.05) is 24.3 Å². The molecule has 0 bridgehead atoms. The van der Waals surface area contributed by atoms with Crippen molar-refractivity contribution in [3.63, 3.8) is 0 Å². The molecule has 0 atom stereocenters. The van der Waals surface area contributed by atoms with Crippen molar-refractivity contribution in [1.29, 1.82) is 0 Å². The molecular formula is C21H20N6OS. The largest absolute Gasteiger partial charge is 0.363 e. The second-order valence-electron chi connectivity index (χ2n) is 6.58. The zero-order valence-corrected chi connectivity index (χ0v) is 16.9. The molecule has 0 spiro atoms. The van der Waals surface area contributed by atoms with Crippen LogP contribution in [0.3, 0.4) is 0 Å². The Labute approximate surface area is 172 Å². The van der Waals surface area contributed by atoms with Gasteiger partial charge in [-0.15, -0.1) is 16.4 Å². The summed E-state index contributed by atoms with van der Waals surface area (Å²) in [6.07, 6.45) is 1.73. The Morgan fingerprint density at radius 1 is 1.14 bits per heavy atom. The van der Waals surface area contributed by atoms with Crippen molar-refractivity contribution >= 4 is 23.1 Å². The third-order valence-corrected chi connectivity index (χ3v) is 5.14. The van der Waals surface area contributed by atoms with Crippen LogP contribution in [0.1, 0.15) is 16.2 Å². The van der Waals surface area contributed by atoms with Gasteiger partial charge in [-0.3, -0.25) is 4.79 Å². The molecular weight excluding hydrogens is 384 g/mol. The molecule has 3 heterocycles. The van der Waals surface area contributed by atoms with Crippen LogP contribution in [-0.4, -0.2) is 39.8 Å². The first kappa shape index (κ1) is 18.8. The summed E-state index contributed by atoms with van der Waals surface area (Å²) in [5, 5.41) is 9.35. The summed E-state index contributed by atoms with van der Waals surface area (Å²) in [5.74, 6) is 1.30. The Hall–Kier alpha value is -3.52. The maximum Gasteiger partial charge on any atom is 0.291 e. The van der Waals surface area contributed by atoms with Crippen LogP contribution >= 0.6 is 11.3 Å². The first-order chi connectivity index (χ1) is 14.1. The van der Waals surface area contributed by atoms with Gasteiger partial charge in [0.25, 0.3) is 5.91 Å². The lowest BCUT2D eigenvalue weighted by Gasteiger charge is -2.12.